The standard InChI is InChI=1S/C6H7NO2S/c1-2-7-5(8)3-4(10-3)6(7)9/h3-4H,2H2,1H3/p+1/t3-,4?/m1/s1. The van der Waals surface area contributed by atoms with Crippen molar-refractivity contribution in [1.29, 1.82) is 0 Å². The molecular formula is C6H8NO2S+. The van der Waals surface area contributed by atoms with Gasteiger partial charge in [0.25, 0.3) is 22.3 Å². The minimum atomic E-state index is 0.0409. The third-order valence-corrected chi connectivity index (χ3v) is 3.22. The third kappa shape index (κ3) is 0.572. The van der Waals surface area contributed by atoms with E-state index in [4.69, 9.17) is 0 Å². The summed E-state index contributed by atoms with van der Waals surface area (Å²) in [6, 6.07) is 0. The molecule has 2 rings (SSSR count). The average Bonchev–Trinajstić information content (AvgIpc) is 2.62. The average molecular weight is 158 g/mol. The molecule has 2 fully saturated rings. The van der Waals surface area contributed by atoms with Gasteiger partial charge in [-0.2, -0.15) is 0 Å². The van der Waals surface area contributed by atoms with Gasteiger partial charge in [0.15, 0.2) is 0 Å². The SMILES string of the molecule is CCN1C(=O)C2[SH+][C@H]2C1=O. The Morgan fingerprint density at radius 3 is 2.20 bits per heavy atom. The first-order valence-corrected chi connectivity index (χ1v) is 4.34. The summed E-state index contributed by atoms with van der Waals surface area (Å²) in [6.45, 7) is 2.37. The van der Waals surface area contributed by atoms with Crippen molar-refractivity contribution in [3.63, 3.8) is 0 Å². The van der Waals surface area contributed by atoms with E-state index in [2.05, 4.69) is 0 Å². The van der Waals surface area contributed by atoms with Crippen molar-refractivity contribution in [1.82, 2.24) is 4.90 Å². The Kier molecular flexibility index (Phi) is 1.09. The number of rotatable bonds is 1. The first kappa shape index (κ1) is 6.22. The van der Waals surface area contributed by atoms with Crippen molar-refractivity contribution in [3.05, 3.63) is 0 Å². The molecule has 4 heteroatoms. The molecule has 3 nitrogen and oxygen atoms in total. The number of likely N-dealkylation sites (tertiary alicyclic amines) is 1. The van der Waals surface area contributed by atoms with E-state index in [-0.39, 0.29) is 22.3 Å². The lowest BCUT2D eigenvalue weighted by atomic mass is 10.4. The quantitative estimate of drug-likeness (QED) is 0.211. The summed E-state index contributed by atoms with van der Waals surface area (Å²) in [5.74, 6) is 0.0818. The number of carbonyl (C=O) groups is 2. The highest BCUT2D eigenvalue weighted by molar-refractivity contribution is 7.90. The Labute approximate surface area is 62.8 Å². The number of imide groups is 1. The summed E-state index contributed by atoms with van der Waals surface area (Å²) < 4.78 is 0. The van der Waals surface area contributed by atoms with Crippen LogP contribution >= 0.6 is 0 Å². The van der Waals surface area contributed by atoms with Crippen LogP contribution < -0.4 is 0 Å². The molecule has 10 heavy (non-hydrogen) atoms. The minimum Gasteiger partial charge on any atom is -0.274 e. The van der Waals surface area contributed by atoms with E-state index >= 15 is 0 Å². The largest absolute Gasteiger partial charge is 0.288 e. The molecule has 0 saturated carbocycles. The molecule has 0 aromatic carbocycles. The molecule has 2 saturated heterocycles. The van der Waals surface area contributed by atoms with Crippen LogP contribution in [0.5, 0.6) is 0 Å². The fourth-order valence-electron chi connectivity index (χ4n) is 1.26. The van der Waals surface area contributed by atoms with Gasteiger partial charge >= 0.3 is 0 Å². The number of fused-ring (bicyclic) bond motifs is 1. The maximum absolute atomic E-state index is 11.1. The van der Waals surface area contributed by atoms with Crippen LogP contribution in [0.4, 0.5) is 0 Å². The highest BCUT2D eigenvalue weighted by atomic mass is 32.2. The Balaban J connectivity index is 2.23. The zero-order chi connectivity index (χ0) is 7.30. The number of hydrogen-bond acceptors (Lipinski definition) is 2. The van der Waals surface area contributed by atoms with Crippen LogP contribution in [0, 0.1) is 0 Å². The lowest BCUT2D eigenvalue weighted by Gasteiger charge is -2.08. The minimum absolute atomic E-state index is 0.0409. The van der Waals surface area contributed by atoms with Crippen molar-refractivity contribution < 1.29 is 9.59 Å². The predicted molar refractivity (Wildman–Crippen MR) is 38.7 cm³/mol. The predicted octanol–water partition coefficient (Wildman–Crippen LogP) is -1.06. The first-order chi connectivity index (χ1) is 4.75. The van der Waals surface area contributed by atoms with E-state index in [9.17, 15) is 9.59 Å². The fourth-order valence-corrected chi connectivity index (χ4v) is 2.30. The van der Waals surface area contributed by atoms with E-state index in [0.29, 0.717) is 6.54 Å². The summed E-state index contributed by atoms with van der Waals surface area (Å²) in [5.41, 5.74) is 0. The Hall–Kier alpha value is -0.510. The van der Waals surface area contributed by atoms with Crippen LogP contribution in [0.25, 0.3) is 0 Å². The molecule has 2 heterocycles. The van der Waals surface area contributed by atoms with Crippen molar-refractivity contribution in [2.45, 2.75) is 17.4 Å². The second-order valence-electron chi connectivity index (χ2n) is 2.46. The van der Waals surface area contributed by atoms with Gasteiger partial charge in [-0.05, 0) is 6.92 Å². The number of nitrogens with zero attached hydrogens (tertiary/aromatic N) is 1. The van der Waals surface area contributed by atoms with Gasteiger partial charge in [-0.1, -0.05) is 0 Å². The molecular weight excluding hydrogens is 150 g/mol. The van der Waals surface area contributed by atoms with E-state index in [1.807, 2.05) is 6.92 Å². The smallest absolute Gasteiger partial charge is 0.274 e. The molecule has 1 unspecified atom stereocenters. The lowest BCUT2D eigenvalue weighted by molar-refractivity contribution is -0.138. The van der Waals surface area contributed by atoms with Crippen LogP contribution in [-0.2, 0) is 21.4 Å². The monoisotopic (exact) mass is 158 g/mol. The zero-order valence-electron chi connectivity index (χ0n) is 5.57. The van der Waals surface area contributed by atoms with Gasteiger partial charge < -0.3 is 0 Å². The van der Waals surface area contributed by atoms with Gasteiger partial charge in [0.1, 0.15) is 0 Å². The third-order valence-electron chi connectivity index (χ3n) is 1.88. The number of hydrogen-bond donors (Lipinski definition) is 0. The number of thiol groups is 1. The van der Waals surface area contributed by atoms with Crippen LogP contribution in [0.3, 0.4) is 0 Å². The van der Waals surface area contributed by atoms with Crippen LogP contribution in [-0.4, -0.2) is 33.8 Å². The summed E-state index contributed by atoms with van der Waals surface area (Å²) in [4.78, 5) is 23.5. The molecule has 0 N–H and O–H groups in total. The highest BCUT2D eigenvalue weighted by Gasteiger charge is 2.69. The number of amides is 2. The maximum Gasteiger partial charge on any atom is 0.288 e. The summed E-state index contributed by atoms with van der Waals surface area (Å²) in [7, 11) is 0. The second-order valence-corrected chi connectivity index (χ2v) is 3.87. The second kappa shape index (κ2) is 1.75. The molecule has 0 radical (unpaired) electrons. The molecule has 0 bridgehead atoms. The molecule has 0 aromatic heterocycles. The first-order valence-electron chi connectivity index (χ1n) is 3.31. The molecule has 54 valence electrons. The molecule has 2 atom stereocenters. The summed E-state index contributed by atoms with van der Waals surface area (Å²) in [5, 5.41) is 0.0971. The van der Waals surface area contributed by atoms with Crippen molar-refractivity contribution >= 4 is 23.6 Å². The molecule has 2 aliphatic heterocycles. The maximum atomic E-state index is 11.1. The topological polar surface area (TPSA) is 37.4 Å². The molecule has 0 aromatic rings. The zero-order valence-corrected chi connectivity index (χ0v) is 6.47. The molecule has 2 amide bonds. The Morgan fingerprint density at radius 2 is 1.90 bits per heavy atom. The van der Waals surface area contributed by atoms with Crippen molar-refractivity contribution in [2.75, 3.05) is 6.54 Å². The molecule has 0 spiro atoms. The van der Waals surface area contributed by atoms with Gasteiger partial charge in [0, 0.05) is 18.3 Å². The Bertz CT molecular complexity index is 196. The number of carbonyl (C=O) groups excluding carboxylic acids is 2. The normalized spacial score (nSPS) is 36.7. The molecule has 2 aliphatic rings. The summed E-state index contributed by atoms with van der Waals surface area (Å²) in [6.07, 6.45) is 0. The van der Waals surface area contributed by atoms with Crippen LogP contribution in [0.15, 0.2) is 0 Å². The molecule has 0 aliphatic carbocycles. The van der Waals surface area contributed by atoms with Crippen molar-refractivity contribution in [2.24, 2.45) is 0 Å². The van der Waals surface area contributed by atoms with E-state index in [0.717, 1.165) is 11.8 Å². The van der Waals surface area contributed by atoms with Crippen LogP contribution in [0.1, 0.15) is 6.92 Å². The van der Waals surface area contributed by atoms with Gasteiger partial charge in [-0.25, -0.2) is 0 Å². The van der Waals surface area contributed by atoms with Gasteiger partial charge in [0.05, 0.1) is 0 Å². The summed E-state index contributed by atoms with van der Waals surface area (Å²) >= 11 is 1.03. The van der Waals surface area contributed by atoms with Gasteiger partial charge in [0.2, 0.25) is 0 Å². The van der Waals surface area contributed by atoms with Gasteiger partial charge in [-0.3, -0.25) is 14.5 Å². The Morgan fingerprint density at radius 1 is 1.40 bits per heavy atom. The van der Waals surface area contributed by atoms with E-state index < -0.39 is 0 Å². The van der Waals surface area contributed by atoms with Crippen molar-refractivity contribution in [3.8, 4) is 0 Å². The van der Waals surface area contributed by atoms with E-state index in [1.165, 1.54) is 4.90 Å². The lowest BCUT2D eigenvalue weighted by Crippen LogP contribution is -2.34. The van der Waals surface area contributed by atoms with Crippen LogP contribution in [0.2, 0.25) is 0 Å². The van der Waals surface area contributed by atoms with Gasteiger partial charge in [-0.15, -0.1) is 0 Å². The fraction of sp³-hybridized carbons (Fsp3) is 0.667. The highest BCUT2D eigenvalue weighted by Crippen LogP contribution is 2.33. The van der Waals surface area contributed by atoms with E-state index in [1.54, 1.807) is 0 Å².